The molecule has 0 fully saturated rings. The monoisotopic (exact) mass is 225 g/mol. The number of nitrogens with one attached hydrogen (secondary N) is 1. The molecule has 4 heteroatoms. The summed E-state index contributed by atoms with van der Waals surface area (Å²) in [6.07, 6.45) is 1.91. The predicted octanol–water partition coefficient (Wildman–Crippen LogP) is 2.67. The van der Waals surface area contributed by atoms with E-state index in [9.17, 15) is 0 Å². The molecule has 1 aromatic heterocycles. The molecule has 1 rings (SSSR count). The smallest absolute Gasteiger partial charge is 0.0860 e. The number of hydrogen-bond acceptors (Lipinski definition) is 4. The van der Waals surface area contributed by atoms with Crippen molar-refractivity contribution >= 4 is 11.5 Å². The van der Waals surface area contributed by atoms with E-state index in [1.807, 2.05) is 6.08 Å². The van der Waals surface area contributed by atoms with Crippen LogP contribution in [0.5, 0.6) is 0 Å². The average Bonchev–Trinajstić information content (AvgIpc) is 2.61. The van der Waals surface area contributed by atoms with E-state index in [1.54, 1.807) is 0 Å². The van der Waals surface area contributed by atoms with Gasteiger partial charge in [-0.2, -0.15) is 0 Å². The number of aromatic nitrogens is 2. The highest BCUT2D eigenvalue weighted by atomic mass is 32.1. The van der Waals surface area contributed by atoms with Crippen LogP contribution in [0.1, 0.15) is 44.3 Å². The molecule has 0 aliphatic heterocycles. The molecule has 0 bridgehead atoms. The van der Waals surface area contributed by atoms with Gasteiger partial charge in [0.15, 0.2) is 0 Å². The number of hydrogen-bond donors (Lipinski definition) is 1. The largest absolute Gasteiger partial charge is 0.306 e. The lowest BCUT2D eigenvalue weighted by atomic mass is 9.90. The summed E-state index contributed by atoms with van der Waals surface area (Å²) in [6.45, 7) is 13.3. The molecule has 1 unspecified atom stereocenters. The molecule has 1 heterocycles. The molecule has 0 aliphatic carbocycles. The Morgan fingerprint density at radius 3 is 2.67 bits per heavy atom. The van der Waals surface area contributed by atoms with Crippen molar-refractivity contribution in [1.82, 2.24) is 14.9 Å². The van der Waals surface area contributed by atoms with Crippen LogP contribution < -0.4 is 5.32 Å². The van der Waals surface area contributed by atoms with Crippen molar-refractivity contribution in [3.63, 3.8) is 0 Å². The van der Waals surface area contributed by atoms with Crippen LogP contribution in [0.15, 0.2) is 12.7 Å². The van der Waals surface area contributed by atoms with Gasteiger partial charge in [-0.3, -0.25) is 0 Å². The van der Waals surface area contributed by atoms with Gasteiger partial charge in [0.25, 0.3) is 0 Å². The van der Waals surface area contributed by atoms with Crippen molar-refractivity contribution in [3.8, 4) is 0 Å². The Bertz CT molecular complexity index is 325. The highest BCUT2D eigenvalue weighted by Gasteiger charge is 2.25. The maximum absolute atomic E-state index is 4.22. The number of likely N-dealkylation sites (N-methyl/N-ethyl adjacent to an activating group) is 1. The van der Waals surface area contributed by atoms with Crippen LogP contribution in [0, 0.1) is 0 Å². The van der Waals surface area contributed by atoms with Gasteiger partial charge in [-0.05, 0) is 18.1 Å². The van der Waals surface area contributed by atoms with Gasteiger partial charge in [0.05, 0.1) is 16.6 Å². The first-order chi connectivity index (χ1) is 7.00. The Labute approximate surface area is 95.8 Å². The average molecular weight is 225 g/mol. The fourth-order valence-electron chi connectivity index (χ4n) is 1.42. The normalized spacial score (nSPS) is 13.9. The molecule has 0 amide bonds. The Kier molecular flexibility index (Phi) is 3.99. The Morgan fingerprint density at radius 2 is 2.20 bits per heavy atom. The van der Waals surface area contributed by atoms with Gasteiger partial charge in [0.1, 0.15) is 0 Å². The van der Waals surface area contributed by atoms with Gasteiger partial charge < -0.3 is 5.32 Å². The van der Waals surface area contributed by atoms with Crippen molar-refractivity contribution in [2.24, 2.45) is 0 Å². The van der Waals surface area contributed by atoms with Crippen molar-refractivity contribution < 1.29 is 0 Å². The van der Waals surface area contributed by atoms with Gasteiger partial charge in [-0.1, -0.05) is 38.3 Å². The lowest BCUT2D eigenvalue weighted by molar-refractivity contribution is 0.546. The highest BCUT2D eigenvalue weighted by molar-refractivity contribution is 7.05. The van der Waals surface area contributed by atoms with Crippen LogP contribution in [0.25, 0.3) is 0 Å². The summed E-state index contributed by atoms with van der Waals surface area (Å²) < 4.78 is 4.04. The van der Waals surface area contributed by atoms with E-state index >= 15 is 0 Å². The van der Waals surface area contributed by atoms with Crippen LogP contribution >= 0.6 is 11.5 Å². The second kappa shape index (κ2) is 4.86. The third-order valence-corrected chi connectivity index (χ3v) is 2.97. The van der Waals surface area contributed by atoms with Crippen LogP contribution in [0.4, 0.5) is 0 Å². The Morgan fingerprint density at radius 1 is 1.53 bits per heavy atom. The van der Waals surface area contributed by atoms with Crippen molar-refractivity contribution in [3.05, 3.63) is 23.2 Å². The van der Waals surface area contributed by atoms with Gasteiger partial charge in [0.2, 0.25) is 0 Å². The van der Waals surface area contributed by atoms with Crippen molar-refractivity contribution in [2.75, 3.05) is 6.54 Å². The molecule has 1 N–H and O–H groups in total. The summed E-state index contributed by atoms with van der Waals surface area (Å²) in [6, 6.07) is 0.171. The second-order valence-electron chi connectivity index (χ2n) is 4.51. The molecular formula is C11H19N3S. The molecule has 0 saturated heterocycles. The van der Waals surface area contributed by atoms with Crippen LogP contribution in [0.2, 0.25) is 0 Å². The topological polar surface area (TPSA) is 37.8 Å². The first kappa shape index (κ1) is 12.3. The van der Waals surface area contributed by atoms with E-state index in [-0.39, 0.29) is 11.5 Å². The molecule has 0 aliphatic rings. The standard InChI is InChI=1S/C11H19N3S/c1-6-8(12-7-2)9-10(11(3,4)5)13-14-15-9/h6,8,12H,1,7H2,2-5H3. The fraction of sp³-hybridized carbons (Fsp3) is 0.636. The lowest BCUT2D eigenvalue weighted by Gasteiger charge is -2.20. The maximum Gasteiger partial charge on any atom is 0.0860 e. The number of nitrogens with zero attached hydrogens (tertiary/aromatic N) is 2. The van der Waals surface area contributed by atoms with E-state index in [2.05, 4.69) is 49.2 Å². The minimum atomic E-state index is 0.0407. The third-order valence-electron chi connectivity index (χ3n) is 2.17. The van der Waals surface area contributed by atoms with E-state index in [1.165, 1.54) is 16.4 Å². The first-order valence-corrected chi connectivity index (χ1v) is 5.96. The molecule has 15 heavy (non-hydrogen) atoms. The second-order valence-corrected chi connectivity index (χ2v) is 5.29. The zero-order chi connectivity index (χ0) is 11.5. The zero-order valence-corrected chi connectivity index (χ0v) is 10.7. The fourth-order valence-corrected chi connectivity index (χ4v) is 2.36. The quantitative estimate of drug-likeness (QED) is 0.801. The van der Waals surface area contributed by atoms with Crippen LogP contribution in [0.3, 0.4) is 0 Å². The highest BCUT2D eigenvalue weighted by Crippen LogP contribution is 2.30. The van der Waals surface area contributed by atoms with E-state index < -0.39 is 0 Å². The van der Waals surface area contributed by atoms with E-state index in [0.29, 0.717) is 0 Å². The van der Waals surface area contributed by atoms with Gasteiger partial charge >= 0.3 is 0 Å². The first-order valence-electron chi connectivity index (χ1n) is 5.19. The molecule has 1 atom stereocenters. The van der Waals surface area contributed by atoms with Gasteiger partial charge in [-0.25, -0.2) is 0 Å². The summed E-state index contributed by atoms with van der Waals surface area (Å²) in [4.78, 5) is 1.18. The third kappa shape index (κ3) is 2.86. The minimum Gasteiger partial charge on any atom is -0.306 e. The molecule has 3 nitrogen and oxygen atoms in total. The molecule has 0 radical (unpaired) electrons. The number of rotatable bonds is 4. The maximum atomic E-state index is 4.22. The van der Waals surface area contributed by atoms with E-state index in [0.717, 1.165) is 12.2 Å². The van der Waals surface area contributed by atoms with Crippen LogP contribution in [-0.2, 0) is 5.41 Å². The van der Waals surface area contributed by atoms with Gasteiger partial charge in [-0.15, -0.1) is 11.7 Å². The SMILES string of the molecule is C=CC(NCC)c1snnc1C(C)(C)C. The predicted molar refractivity (Wildman–Crippen MR) is 65.2 cm³/mol. The summed E-state index contributed by atoms with van der Waals surface area (Å²) >= 11 is 1.45. The Balaban J connectivity index is 3.03. The molecule has 0 aromatic carbocycles. The summed E-state index contributed by atoms with van der Waals surface area (Å²) in [7, 11) is 0. The minimum absolute atomic E-state index is 0.0407. The summed E-state index contributed by atoms with van der Waals surface area (Å²) in [5, 5.41) is 7.58. The van der Waals surface area contributed by atoms with Gasteiger partial charge in [0, 0.05) is 5.41 Å². The van der Waals surface area contributed by atoms with Crippen molar-refractivity contribution in [1.29, 1.82) is 0 Å². The Hall–Kier alpha value is -0.740. The zero-order valence-electron chi connectivity index (χ0n) is 9.87. The summed E-state index contributed by atoms with van der Waals surface area (Å²) in [5.41, 5.74) is 1.11. The lowest BCUT2D eigenvalue weighted by Crippen LogP contribution is -2.22. The molecular weight excluding hydrogens is 206 g/mol. The molecule has 0 saturated carbocycles. The van der Waals surface area contributed by atoms with Crippen molar-refractivity contribution in [2.45, 2.75) is 39.2 Å². The van der Waals surface area contributed by atoms with E-state index in [4.69, 9.17) is 0 Å². The molecule has 84 valence electrons. The van der Waals surface area contributed by atoms with Crippen LogP contribution in [-0.4, -0.2) is 16.1 Å². The molecule has 0 spiro atoms. The summed E-state index contributed by atoms with van der Waals surface area (Å²) in [5.74, 6) is 0. The molecule has 1 aromatic rings.